The summed E-state index contributed by atoms with van der Waals surface area (Å²) >= 11 is 5.09. The normalized spacial score (nSPS) is 11.2. The summed E-state index contributed by atoms with van der Waals surface area (Å²) < 4.78 is 6.95. The van der Waals surface area contributed by atoms with Crippen LogP contribution in [0.15, 0.2) is 15.9 Å². The number of nitrogens with one attached hydrogen (secondary N) is 1. The van der Waals surface area contributed by atoms with Gasteiger partial charge in [-0.15, -0.1) is 0 Å². The Morgan fingerprint density at radius 3 is 2.94 bits per heavy atom. The van der Waals surface area contributed by atoms with E-state index in [1.54, 1.807) is 7.05 Å². The first-order valence-corrected chi connectivity index (χ1v) is 5.84. The predicted octanol–water partition coefficient (Wildman–Crippen LogP) is 0.374. The first-order valence-electron chi connectivity index (χ1n) is 5.53. The molecule has 8 heteroatoms. The molecular formula is C10H13ClN4O3. The largest absolute Gasteiger partial charge is 0.339 e. The summed E-state index contributed by atoms with van der Waals surface area (Å²) in [5, 5.41) is 0. The maximum Gasteiger partial charge on any atom is 0.332 e. The monoisotopic (exact) mass is 272 g/mol. The van der Waals surface area contributed by atoms with Gasteiger partial charge in [-0.25, -0.2) is 9.78 Å². The molecule has 2 rings (SSSR count). The minimum absolute atomic E-state index is 0.334. The molecule has 0 aromatic carbocycles. The smallest absolute Gasteiger partial charge is 0.332 e. The maximum atomic E-state index is 12.0. The van der Waals surface area contributed by atoms with Gasteiger partial charge in [-0.2, -0.15) is 0 Å². The number of unbranched alkanes of at least 4 members (excludes halogenated alkanes) is 1. The second-order valence-corrected chi connectivity index (χ2v) is 4.14. The van der Waals surface area contributed by atoms with E-state index in [1.807, 2.05) is 0 Å². The second-order valence-electron chi connectivity index (χ2n) is 3.92. The number of hydrogen-bond acceptors (Lipinski definition) is 4. The van der Waals surface area contributed by atoms with Crippen LogP contribution in [-0.4, -0.2) is 25.7 Å². The number of hydrogen-bond donors (Lipinski definition) is 1. The summed E-state index contributed by atoms with van der Waals surface area (Å²) in [4.78, 5) is 30.7. The lowest BCUT2D eigenvalue weighted by Gasteiger charge is -2.07. The van der Waals surface area contributed by atoms with Crippen LogP contribution in [0, 0.1) is 0 Å². The highest BCUT2D eigenvalue weighted by atomic mass is 35.5. The van der Waals surface area contributed by atoms with Crippen molar-refractivity contribution >= 4 is 23.0 Å². The average Bonchev–Trinajstić information content (AvgIpc) is 2.85. The lowest BCUT2D eigenvalue weighted by Crippen LogP contribution is -2.39. The molecule has 0 bridgehead atoms. The summed E-state index contributed by atoms with van der Waals surface area (Å²) in [5.41, 5.74) is -0.0141. The third-order valence-electron chi connectivity index (χ3n) is 2.77. The lowest BCUT2D eigenvalue weighted by molar-refractivity contribution is 0.332. The molecule has 0 spiro atoms. The van der Waals surface area contributed by atoms with Crippen LogP contribution in [0.5, 0.6) is 0 Å². The van der Waals surface area contributed by atoms with Crippen LogP contribution in [-0.2, 0) is 17.9 Å². The van der Waals surface area contributed by atoms with E-state index in [9.17, 15) is 9.59 Å². The number of nitrogens with zero attached hydrogens (tertiary/aromatic N) is 3. The first-order chi connectivity index (χ1) is 8.66. The minimum atomic E-state index is -0.369. The van der Waals surface area contributed by atoms with Gasteiger partial charge in [0.15, 0.2) is 5.65 Å². The molecule has 0 fully saturated rings. The standard InChI is InChI=1S/C10H13ClN4O3/c1-14-8-7(12-6-13-8)9(16)15(10(14)17)4-2-3-5-18-11/h6H,2-5H2,1H3,(H,12,13). The van der Waals surface area contributed by atoms with E-state index in [-0.39, 0.29) is 11.2 Å². The van der Waals surface area contributed by atoms with E-state index in [0.717, 1.165) is 0 Å². The SMILES string of the molecule is Cn1c(=O)n(CCCCOCl)c(=O)c2[nH]cnc21. The topological polar surface area (TPSA) is 81.9 Å². The summed E-state index contributed by atoms with van der Waals surface area (Å²) in [6.07, 6.45) is 2.72. The Bertz CT molecular complexity index is 657. The molecule has 0 saturated carbocycles. The van der Waals surface area contributed by atoms with Gasteiger partial charge in [-0.1, -0.05) is 0 Å². The molecule has 1 N–H and O–H groups in total. The molecule has 2 heterocycles. The van der Waals surface area contributed by atoms with Gasteiger partial charge in [0, 0.05) is 13.6 Å². The van der Waals surface area contributed by atoms with Gasteiger partial charge >= 0.3 is 5.69 Å². The van der Waals surface area contributed by atoms with Gasteiger partial charge in [0.1, 0.15) is 5.52 Å². The molecule has 2 aromatic rings. The molecule has 2 aromatic heterocycles. The van der Waals surface area contributed by atoms with E-state index < -0.39 is 0 Å². The zero-order chi connectivity index (χ0) is 13.1. The van der Waals surface area contributed by atoms with Crippen LogP contribution in [0.4, 0.5) is 0 Å². The number of aromatic nitrogens is 4. The van der Waals surface area contributed by atoms with Gasteiger partial charge in [0.2, 0.25) is 0 Å². The average molecular weight is 273 g/mol. The van der Waals surface area contributed by atoms with Gasteiger partial charge in [0.25, 0.3) is 5.56 Å². The van der Waals surface area contributed by atoms with Crippen molar-refractivity contribution < 1.29 is 4.29 Å². The van der Waals surface area contributed by atoms with E-state index in [2.05, 4.69) is 14.3 Å². The molecule has 0 unspecified atom stereocenters. The Hall–Kier alpha value is -1.60. The molecular weight excluding hydrogens is 260 g/mol. The number of aromatic amines is 1. The zero-order valence-corrected chi connectivity index (χ0v) is 10.6. The molecule has 0 atom stereocenters. The third kappa shape index (κ3) is 2.19. The Kier molecular flexibility index (Phi) is 3.83. The van der Waals surface area contributed by atoms with Gasteiger partial charge < -0.3 is 4.98 Å². The molecule has 0 radical (unpaired) electrons. The van der Waals surface area contributed by atoms with Gasteiger partial charge in [-0.3, -0.25) is 18.2 Å². The Morgan fingerprint density at radius 1 is 1.44 bits per heavy atom. The van der Waals surface area contributed by atoms with Crippen molar-refractivity contribution in [1.29, 1.82) is 0 Å². The fourth-order valence-corrected chi connectivity index (χ4v) is 1.93. The predicted molar refractivity (Wildman–Crippen MR) is 66.6 cm³/mol. The lowest BCUT2D eigenvalue weighted by atomic mass is 10.3. The Morgan fingerprint density at radius 2 is 2.22 bits per heavy atom. The number of H-pyrrole nitrogens is 1. The summed E-state index contributed by atoms with van der Waals surface area (Å²) in [7, 11) is 1.59. The van der Waals surface area contributed by atoms with Crippen molar-refractivity contribution in [2.45, 2.75) is 19.4 Å². The van der Waals surface area contributed by atoms with Crippen molar-refractivity contribution in [2.24, 2.45) is 7.05 Å². The van der Waals surface area contributed by atoms with E-state index in [4.69, 9.17) is 11.9 Å². The number of imidazole rings is 1. The van der Waals surface area contributed by atoms with Crippen molar-refractivity contribution in [1.82, 2.24) is 19.1 Å². The van der Waals surface area contributed by atoms with Crippen molar-refractivity contribution in [2.75, 3.05) is 6.61 Å². The number of fused-ring (bicyclic) bond motifs is 1. The first kappa shape index (κ1) is 12.8. The molecule has 0 aliphatic heterocycles. The maximum absolute atomic E-state index is 12.0. The third-order valence-corrected chi connectivity index (χ3v) is 2.92. The highest BCUT2D eigenvalue weighted by Gasteiger charge is 2.12. The molecule has 0 saturated heterocycles. The van der Waals surface area contributed by atoms with E-state index >= 15 is 0 Å². The molecule has 7 nitrogen and oxygen atoms in total. The molecule has 0 aliphatic carbocycles. The molecule has 0 amide bonds. The highest BCUT2D eigenvalue weighted by Crippen LogP contribution is 2.00. The number of rotatable bonds is 5. The zero-order valence-electron chi connectivity index (χ0n) is 9.85. The van der Waals surface area contributed by atoms with Crippen LogP contribution in [0.25, 0.3) is 11.2 Å². The van der Waals surface area contributed by atoms with E-state index in [0.29, 0.717) is 37.2 Å². The molecule has 98 valence electrons. The second kappa shape index (κ2) is 5.36. The van der Waals surface area contributed by atoms with Crippen LogP contribution >= 0.6 is 11.9 Å². The van der Waals surface area contributed by atoms with Crippen molar-refractivity contribution in [3.63, 3.8) is 0 Å². The number of halogens is 1. The Labute approximate surface area is 107 Å². The Balaban J connectivity index is 2.38. The van der Waals surface area contributed by atoms with Crippen LogP contribution < -0.4 is 11.2 Å². The molecule has 0 aliphatic rings. The molecule has 18 heavy (non-hydrogen) atoms. The van der Waals surface area contributed by atoms with Gasteiger partial charge in [0.05, 0.1) is 24.8 Å². The quantitative estimate of drug-likeness (QED) is 0.798. The van der Waals surface area contributed by atoms with Crippen LogP contribution in [0.3, 0.4) is 0 Å². The minimum Gasteiger partial charge on any atom is -0.339 e. The number of aryl methyl sites for hydroxylation is 1. The van der Waals surface area contributed by atoms with Crippen LogP contribution in [0.2, 0.25) is 0 Å². The fourth-order valence-electron chi connectivity index (χ4n) is 1.82. The fraction of sp³-hybridized carbons (Fsp3) is 0.500. The summed E-state index contributed by atoms with van der Waals surface area (Å²) in [6, 6.07) is 0. The van der Waals surface area contributed by atoms with Gasteiger partial charge in [-0.05, 0) is 12.8 Å². The summed E-state index contributed by atoms with van der Waals surface area (Å²) in [5.74, 6) is 0. The van der Waals surface area contributed by atoms with Crippen LogP contribution in [0.1, 0.15) is 12.8 Å². The van der Waals surface area contributed by atoms with E-state index in [1.165, 1.54) is 15.5 Å². The summed E-state index contributed by atoms with van der Waals surface area (Å²) in [6.45, 7) is 0.726. The highest BCUT2D eigenvalue weighted by molar-refractivity contribution is 6.07. The van der Waals surface area contributed by atoms with Crippen molar-refractivity contribution in [3.05, 3.63) is 27.2 Å². The van der Waals surface area contributed by atoms with Crippen molar-refractivity contribution in [3.8, 4) is 0 Å².